The molecule has 1 saturated heterocycles. The van der Waals surface area contributed by atoms with E-state index < -0.39 is 0 Å². The van der Waals surface area contributed by atoms with Crippen molar-refractivity contribution in [3.05, 3.63) is 23.8 Å². The third-order valence-corrected chi connectivity index (χ3v) is 2.35. The predicted molar refractivity (Wildman–Crippen MR) is 54.1 cm³/mol. The van der Waals surface area contributed by atoms with E-state index >= 15 is 0 Å². The highest BCUT2D eigenvalue weighted by Crippen LogP contribution is 2.27. The lowest BCUT2D eigenvalue weighted by molar-refractivity contribution is 0.0761. The van der Waals surface area contributed by atoms with Gasteiger partial charge in [0, 0.05) is 17.8 Å². The highest BCUT2D eigenvalue weighted by molar-refractivity contribution is 5.48. The normalized spacial score (nSPS) is 22.1. The first-order chi connectivity index (χ1) is 6.77. The van der Waals surface area contributed by atoms with Crippen molar-refractivity contribution in [3.8, 4) is 5.75 Å². The lowest BCUT2D eigenvalue weighted by atomic mass is 10.0. The fourth-order valence-corrected chi connectivity index (χ4v) is 1.62. The van der Waals surface area contributed by atoms with Gasteiger partial charge in [0.15, 0.2) is 0 Å². The molecule has 1 aliphatic rings. The number of aromatic hydroxyl groups is 1. The van der Waals surface area contributed by atoms with Crippen LogP contribution in [0.3, 0.4) is 0 Å². The molecule has 0 aliphatic carbocycles. The van der Waals surface area contributed by atoms with Crippen LogP contribution >= 0.6 is 0 Å². The molecule has 0 amide bonds. The van der Waals surface area contributed by atoms with Crippen molar-refractivity contribution in [2.24, 2.45) is 0 Å². The molecule has 1 aromatic rings. The molecule has 0 spiro atoms. The van der Waals surface area contributed by atoms with Gasteiger partial charge in [-0.1, -0.05) is 0 Å². The van der Waals surface area contributed by atoms with Crippen LogP contribution in [0, 0.1) is 0 Å². The molecular weight excluding hydrogens is 180 g/mol. The van der Waals surface area contributed by atoms with Gasteiger partial charge in [-0.15, -0.1) is 0 Å². The first kappa shape index (κ1) is 9.30. The molecule has 76 valence electrons. The highest BCUT2D eigenvalue weighted by Gasteiger charge is 2.18. The number of morpholine rings is 1. The number of ether oxygens (including phenoxy) is 1. The number of nitrogens with one attached hydrogen (secondary N) is 1. The van der Waals surface area contributed by atoms with Crippen LogP contribution in [0.2, 0.25) is 0 Å². The molecule has 0 aromatic heterocycles. The maximum atomic E-state index is 9.64. The summed E-state index contributed by atoms with van der Waals surface area (Å²) in [5.74, 6) is 0.266. The van der Waals surface area contributed by atoms with E-state index in [2.05, 4.69) is 5.32 Å². The van der Waals surface area contributed by atoms with Gasteiger partial charge < -0.3 is 20.9 Å². The molecule has 1 atom stereocenters. The standard InChI is InChI=1S/C10H14N2O2/c11-7-1-2-10(13)8(5-7)9-6-14-4-3-12-9/h1-2,5,9,12-13H,3-4,6,11H2/t9-/m1/s1. The molecular formula is C10H14N2O2. The van der Waals surface area contributed by atoms with E-state index in [4.69, 9.17) is 10.5 Å². The fraction of sp³-hybridized carbons (Fsp3) is 0.400. The van der Waals surface area contributed by atoms with Crippen molar-refractivity contribution in [1.82, 2.24) is 5.32 Å². The Bertz CT molecular complexity index is 322. The second-order valence-electron chi connectivity index (χ2n) is 3.40. The predicted octanol–water partition coefficient (Wildman–Crippen LogP) is 0.635. The highest BCUT2D eigenvalue weighted by atomic mass is 16.5. The lowest BCUT2D eigenvalue weighted by Gasteiger charge is -2.24. The molecule has 0 radical (unpaired) electrons. The Morgan fingerprint density at radius 1 is 1.50 bits per heavy atom. The monoisotopic (exact) mass is 194 g/mol. The Labute approximate surface area is 82.7 Å². The minimum atomic E-state index is 0.0484. The second-order valence-corrected chi connectivity index (χ2v) is 3.40. The fourth-order valence-electron chi connectivity index (χ4n) is 1.62. The molecule has 0 unspecified atom stereocenters. The summed E-state index contributed by atoms with van der Waals surface area (Å²) in [7, 11) is 0. The summed E-state index contributed by atoms with van der Waals surface area (Å²) in [6.07, 6.45) is 0. The van der Waals surface area contributed by atoms with E-state index in [1.165, 1.54) is 0 Å². The first-order valence-electron chi connectivity index (χ1n) is 4.67. The Morgan fingerprint density at radius 2 is 2.36 bits per heavy atom. The van der Waals surface area contributed by atoms with Crippen molar-refractivity contribution in [3.63, 3.8) is 0 Å². The molecule has 1 fully saturated rings. The van der Waals surface area contributed by atoms with Gasteiger partial charge in [0.2, 0.25) is 0 Å². The van der Waals surface area contributed by atoms with Crippen molar-refractivity contribution < 1.29 is 9.84 Å². The second kappa shape index (κ2) is 3.86. The number of hydrogen-bond acceptors (Lipinski definition) is 4. The molecule has 1 aromatic carbocycles. The lowest BCUT2D eigenvalue weighted by Crippen LogP contribution is -2.34. The summed E-state index contributed by atoms with van der Waals surface area (Å²) in [4.78, 5) is 0. The van der Waals surface area contributed by atoms with Gasteiger partial charge in [-0.25, -0.2) is 0 Å². The van der Waals surface area contributed by atoms with E-state index in [0.29, 0.717) is 12.3 Å². The Kier molecular flexibility index (Phi) is 2.56. The minimum Gasteiger partial charge on any atom is -0.508 e. The molecule has 1 heterocycles. The number of anilines is 1. The van der Waals surface area contributed by atoms with Crippen LogP contribution in [0.25, 0.3) is 0 Å². The van der Waals surface area contributed by atoms with E-state index in [1.807, 2.05) is 0 Å². The molecule has 14 heavy (non-hydrogen) atoms. The van der Waals surface area contributed by atoms with Crippen LogP contribution in [0.4, 0.5) is 5.69 Å². The van der Waals surface area contributed by atoms with Crippen LogP contribution in [-0.4, -0.2) is 24.9 Å². The van der Waals surface area contributed by atoms with Crippen LogP contribution in [-0.2, 0) is 4.74 Å². The van der Waals surface area contributed by atoms with E-state index in [0.717, 1.165) is 18.7 Å². The average molecular weight is 194 g/mol. The van der Waals surface area contributed by atoms with Crippen LogP contribution in [0.15, 0.2) is 18.2 Å². The zero-order valence-corrected chi connectivity index (χ0v) is 7.86. The quantitative estimate of drug-likeness (QED) is 0.453. The van der Waals surface area contributed by atoms with Gasteiger partial charge in [0.1, 0.15) is 5.75 Å². The SMILES string of the molecule is Nc1ccc(O)c([C@H]2COCCN2)c1. The van der Waals surface area contributed by atoms with E-state index in [9.17, 15) is 5.11 Å². The zero-order chi connectivity index (χ0) is 9.97. The number of rotatable bonds is 1. The van der Waals surface area contributed by atoms with Gasteiger partial charge in [-0.2, -0.15) is 0 Å². The summed E-state index contributed by atoms with van der Waals surface area (Å²) in [5, 5.41) is 12.9. The molecule has 0 saturated carbocycles. The third-order valence-electron chi connectivity index (χ3n) is 2.35. The summed E-state index contributed by atoms with van der Waals surface area (Å²) in [6, 6.07) is 5.12. The van der Waals surface area contributed by atoms with Crippen molar-refractivity contribution >= 4 is 5.69 Å². The van der Waals surface area contributed by atoms with Gasteiger partial charge in [0.25, 0.3) is 0 Å². The Balaban J connectivity index is 2.24. The van der Waals surface area contributed by atoms with Crippen LogP contribution in [0.5, 0.6) is 5.75 Å². The van der Waals surface area contributed by atoms with E-state index in [1.54, 1.807) is 18.2 Å². The maximum Gasteiger partial charge on any atom is 0.120 e. The Hall–Kier alpha value is -1.26. The topological polar surface area (TPSA) is 67.5 Å². The molecule has 1 aliphatic heterocycles. The number of nitrogens with two attached hydrogens (primary N) is 1. The first-order valence-corrected chi connectivity index (χ1v) is 4.67. The van der Waals surface area contributed by atoms with Crippen LogP contribution < -0.4 is 11.1 Å². The maximum absolute atomic E-state index is 9.64. The molecule has 4 N–H and O–H groups in total. The van der Waals surface area contributed by atoms with Crippen molar-refractivity contribution in [2.75, 3.05) is 25.5 Å². The summed E-state index contributed by atoms with van der Waals surface area (Å²) in [6.45, 7) is 2.11. The third kappa shape index (κ3) is 1.81. The van der Waals surface area contributed by atoms with Crippen molar-refractivity contribution in [1.29, 1.82) is 0 Å². The van der Waals surface area contributed by atoms with Crippen LogP contribution in [0.1, 0.15) is 11.6 Å². The molecule has 4 heteroatoms. The largest absolute Gasteiger partial charge is 0.508 e. The minimum absolute atomic E-state index is 0.0484. The smallest absolute Gasteiger partial charge is 0.120 e. The summed E-state index contributed by atoms with van der Waals surface area (Å²) in [5.41, 5.74) is 7.12. The van der Waals surface area contributed by atoms with Gasteiger partial charge >= 0.3 is 0 Å². The van der Waals surface area contributed by atoms with Gasteiger partial charge in [-0.3, -0.25) is 0 Å². The number of nitrogen functional groups attached to an aromatic ring is 1. The van der Waals surface area contributed by atoms with Gasteiger partial charge in [0.05, 0.1) is 19.3 Å². The molecule has 0 bridgehead atoms. The Morgan fingerprint density at radius 3 is 3.07 bits per heavy atom. The average Bonchev–Trinajstić information content (AvgIpc) is 2.23. The summed E-state index contributed by atoms with van der Waals surface area (Å²) >= 11 is 0. The molecule has 4 nitrogen and oxygen atoms in total. The summed E-state index contributed by atoms with van der Waals surface area (Å²) < 4.78 is 5.32. The molecule has 2 rings (SSSR count). The number of phenolic OH excluding ortho intramolecular Hbond substituents is 1. The van der Waals surface area contributed by atoms with Gasteiger partial charge in [-0.05, 0) is 18.2 Å². The number of phenols is 1. The van der Waals surface area contributed by atoms with E-state index in [-0.39, 0.29) is 11.8 Å². The number of hydrogen-bond donors (Lipinski definition) is 3. The van der Waals surface area contributed by atoms with Crippen molar-refractivity contribution in [2.45, 2.75) is 6.04 Å². The zero-order valence-electron chi connectivity index (χ0n) is 7.86. The number of benzene rings is 1.